The highest BCUT2D eigenvalue weighted by atomic mass is 16.6. The Labute approximate surface area is 264 Å². The van der Waals surface area contributed by atoms with E-state index < -0.39 is 60.0 Å². The first-order chi connectivity index (χ1) is 22.7. The number of ether oxygens (including phenoxy) is 1. The lowest BCUT2D eigenvalue weighted by Gasteiger charge is -2.39. The van der Waals surface area contributed by atoms with E-state index in [0.29, 0.717) is 19.6 Å². The topological polar surface area (TPSA) is 159 Å². The van der Waals surface area contributed by atoms with E-state index in [2.05, 4.69) is 0 Å². The number of carbonyl (C=O) groups is 8. The number of fused-ring (bicyclic) bond motifs is 4. The molecule has 47 heavy (non-hydrogen) atoms. The number of imide groups is 4. The second-order valence-electron chi connectivity index (χ2n) is 10.9. The Morgan fingerprint density at radius 3 is 0.596 bits per heavy atom. The molecule has 4 aliphatic rings. The van der Waals surface area contributed by atoms with Crippen LogP contribution >= 0.6 is 0 Å². The highest BCUT2D eigenvalue weighted by molar-refractivity contribution is 6.26. The molecule has 4 heterocycles. The van der Waals surface area contributed by atoms with Crippen LogP contribution in [0.4, 0.5) is 0 Å². The van der Waals surface area contributed by atoms with Crippen LogP contribution in [0.2, 0.25) is 0 Å². The van der Waals surface area contributed by atoms with Crippen LogP contribution in [0.1, 0.15) is 82.9 Å². The van der Waals surface area contributed by atoms with E-state index in [9.17, 15) is 38.4 Å². The highest BCUT2D eigenvalue weighted by Gasteiger charge is 2.55. The van der Waals surface area contributed by atoms with Gasteiger partial charge in [0.05, 0.1) is 44.5 Å². The smallest absolute Gasteiger partial charge is 0.265 e. The zero-order chi connectivity index (χ0) is 32.7. The number of hydrogen-bond donors (Lipinski definition) is 0. The number of nitrogens with zero attached hydrogens (tertiary/aromatic N) is 4. The van der Waals surface area contributed by atoms with Gasteiger partial charge in [0.25, 0.3) is 47.3 Å². The van der Waals surface area contributed by atoms with Gasteiger partial charge in [0.2, 0.25) is 12.7 Å². The summed E-state index contributed by atoms with van der Waals surface area (Å²) in [6, 6.07) is 22.9. The van der Waals surface area contributed by atoms with E-state index in [1.807, 2.05) is 0 Å². The molecule has 4 aromatic rings. The lowest BCUT2D eigenvalue weighted by Crippen LogP contribution is -2.62. The van der Waals surface area contributed by atoms with Crippen molar-refractivity contribution in [1.29, 1.82) is 0 Å². The Kier molecular flexibility index (Phi) is 5.91. The van der Waals surface area contributed by atoms with Gasteiger partial charge in [-0.2, -0.15) is 0 Å². The van der Waals surface area contributed by atoms with Gasteiger partial charge in [-0.25, -0.2) is 19.6 Å². The maximum atomic E-state index is 13.8. The van der Waals surface area contributed by atoms with Crippen molar-refractivity contribution < 1.29 is 43.1 Å². The van der Waals surface area contributed by atoms with Crippen molar-refractivity contribution >= 4 is 47.3 Å². The van der Waals surface area contributed by atoms with Crippen molar-refractivity contribution in [2.24, 2.45) is 0 Å². The monoisotopic (exact) mass is 626 g/mol. The molecular formula is C34H18N4O9. The Bertz CT molecular complexity index is 1750. The second-order valence-corrected chi connectivity index (χ2v) is 10.9. The van der Waals surface area contributed by atoms with Gasteiger partial charge < -0.3 is 0 Å². The SMILES string of the molecule is O=C1c2ccccc2C(=O)N1C(OC(N1C(=O)c2ccccc2C1=O)N1C(=O)c2ccccc2C1=O)N1C(=O)c2ccccc2C1=O. The standard InChI is InChI=1S/C34H18N4O9/c39-25-17-9-1-2-10-18(17)26(40)35(25)33(36-27(41)19-11-3-4-12-20(19)28(36)42)47-34(37-29(43)21-13-5-6-14-22(21)30(37)44)38-31(45)23-15-7-8-16-24(23)32(38)46/h1-16,33-34H. The summed E-state index contributed by atoms with van der Waals surface area (Å²) in [5.74, 6) is -7.70. The predicted octanol–water partition coefficient (Wildman–Crippen LogP) is 2.76. The third-order valence-electron chi connectivity index (χ3n) is 8.43. The molecule has 4 aromatic carbocycles. The molecule has 0 aliphatic carbocycles. The molecule has 13 nitrogen and oxygen atoms in total. The third kappa shape index (κ3) is 3.74. The van der Waals surface area contributed by atoms with E-state index in [-0.39, 0.29) is 44.5 Å². The Balaban J connectivity index is 1.30. The lowest BCUT2D eigenvalue weighted by atomic mass is 10.1. The number of hydrogen-bond acceptors (Lipinski definition) is 9. The summed E-state index contributed by atoms with van der Waals surface area (Å²) in [4.78, 5) is 112. The van der Waals surface area contributed by atoms with Crippen LogP contribution in [0.15, 0.2) is 97.1 Å². The van der Waals surface area contributed by atoms with E-state index in [1.165, 1.54) is 97.1 Å². The average molecular weight is 627 g/mol. The zero-order valence-corrected chi connectivity index (χ0v) is 23.9. The van der Waals surface area contributed by atoms with Crippen molar-refractivity contribution in [1.82, 2.24) is 19.6 Å². The first-order valence-electron chi connectivity index (χ1n) is 14.2. The third-order valence-corrected chi connectivity index (χ3v) is 8.43. The summed E-state index contributed by atoms with van der Waals surface area (Å²) in [5.41, 5.74) is -0.550. The summed E-state index contributed by atoms with van der Waals surface area (Å²) in [5, 5.41) is 0. The van der Waals surface area contributed by atoms with E-state index in [4.69, 9.17) is 4.74 Å². The van der Waals surface area contributed by atoms with Gasteiger partial charge in [-0.05, 0) is 48.5 Å². The lowest BCUT2D eigenvalue weighted by molar-refractivity contribution is -0.183. The molecule has 13 heteroatoms. The summed E-state index contributed by atoms with van der Waals surface area (Å²) < 4.78 is 6.21. The molecule has 0 fully saturated rings. The molecule has 228 valence electrons. The molecule has 0 spiro atoms. The fraction of sp³-hybridized carbons (Fsp3) is 0.0588. The second kappa shape index (κ2) is 9.95. The number of carbonyl (C=O) groups excluding carboxylic acids is 8. The Morgan fingerprint density at radius 1 is 0.298 bits per heavy atom. The minimum atomic E-state index is -2.27. The normalized spacial score (nSPS) is 16.7. The van der Waals surface area contributed by atoms with Gasteiger partial charge in [0, 0.05) is 0 Å². The molecule has 0 radical (unpaired) electrons. The maximum absolute atomic E-state index is 13.8. The van der Waals surface area contributed by atoms with E-state index >= 15 is 0 Å². The molecule has 0 saturated heterocycles. The summed E-state index contributed by atoms with van der Waals surface area (Å²) >= 11 is 0. The number of rotatable bonds is 6. The fourth-order valence-electron chi connectivity index (χ4n) is 6.22. The van der Waals surface area contributed by atoms with Gasteiger partial charge in [0.15, 0.2) is 0 Å². The molecule has 8 rings (SSSR count). The van der Waals surface area contributed by atoms with Crippen LogP contribution in [0.25, 0.3) is 0 Å². The van der Waals surface area contributed by atoms with Crippen LogP contribution in [0, 0.1) is 0 Å². The predicted molar refractivity (Wildman–Crippen MR) is 156 cm³/mol. The van der Waals surface area contributed by atoms with Crippen molar-refractivity contribution in [3.05, 3.63) is 142 Å². The van der Waals surface area contributed by atoms with Crippen LogP contribution in [-0.4, -0.2) is 79.6 Å². The minimum Gasteiger partial charge on any atom is -0.295 e. The molecule has 0 aromatic heterocycles. The first-order valence-corrected chi connectivity index (χ1v) is 14.2. The van der Waals surface area contributed by atoms with Crippen molar-refractivity contribution in [2.45, 2.75) is 12.7 Å². The fourth-order valence-corrected chi connectivity index (χ4v) is 6.22. The summed E-state index contributed by atoms with van der Waals surface area (Å²) in [6.45, 7) is 0. The Hall–Kier alpha value is -6.60. The summed E-state index contributed by atoms with van der Waals surface area (Å²) in [7, 11) is 0. The average Bonchev–Trinajstić information content (AvgIpc) is 3.70. The van der Waals surface area contributed by atoms with Gasteiger partial charge in [-0.1, -0.05) is 48.5 Å². The Morgan fingerprint density at radius 2 is 0.447 bits per heavy atom. The first kappa shape index (κ1) is 27.9. The van der Waals surface area contributed by atoms with Gasteiger partial charge in [-0.15, -0.1) is 0 Å². The molecule has 0 unspecified atom stereocenters. The molecule has 0 bridgehead atoms. The number of amides is 8. The quantitative estimate of drug-likeness (QED) is 0.293. The largest absolute Gasteiger partial charge is 0.295 e. The van der Waals surface area contributed by atoms with Crippen molar-refractivity contribution in [2.75, 3.05) is 0 Å². The molecule has 0 N–H and O–H groups in total. The molecule has 0 atom stereocenters. The highest BCUT2D eigenvalue weighted by Crippen LogP contribution is 2.36. The van der Waals surface area contributed by atoms with Crippen LogP contribution in [-0.2, 0) is 4.74 Å². The van der Waals surface area contributed by atoms with Crippen molar-refractivity contribution in [3.8, 4) is 0 Å². The molecule has 0 saturated carbocycles. The molecular weight excluding hydrogens is 608 g/mol. The number of benzene rings is 4. The zero-order valence-electron chi connectivity index (χ0n) is 23.9. The van der Waals surface area contributed by atoms with Gasteiger partial charge >= 0.3 is 0 Å². The van der Waals surface area contributed by atoms with Crippen LogP contribution < -0.4 is 0 Å². The van der Waals surface area contributed by atoms with Gasteiger partial charge in [0.1, 0.15) is 0 Å². The van der Waals surface area contributed by atoms with Crippen LogP contribution in [0.3, 0.4) is 0 Å². The van der Waals surface area contributed by atoms with Crippen LogP contribution in [0.5, 0.6) is 0 Å². The van der Waals surface area contributed by atoms with E-state index in [1.54, 1.807) is 0 Å². The van der Waals surface area contributed by atoms with Gasteiger partial charge in [-0.3, -0.25) is 43.1 Å². The summed E-state index contributed by atoms with van der Waals surface area (Å²) in [6.07, 6.45) is -4.54. The van der Waals surface area contributed by atoms with E-state index in [0.717, 1.165) is 0 Å². The molecule has 8 amide bonds. The van der Waals surface area contributed by atoms with Crippen molar-refractivity contribution in [3.63, 3.8) is 0 Å². The minimum absolute atomic E-state index is 0.0688. The maximum Gasteiger partial charge on any atom is 0.265 e. The molecule has 4 aliphatic heterocycles.